The Balaban J connectivity index is 1.72. The van der Waals surface area contributed by atoms with Gasteiger partial charge in [-0.1, -0.05) is 30.3 Å². The van der Waals surface area contributed by atoms with Gasteiger partial charge in [0.15, 0.2) is 0 Å². The third kappa shape index (κ3) is 3.18. The van der Waals surface area contributed by atoms with Gasteiger partial charge in [-0.25, -0.2) is 0 Å². The molecule has 2 bridgehead atoms. The summed E-state index contributed by atoms with van der Waals surface area (Å²) in [5.74, 6) is -0.139. The van der Waals surface area contributed by atoms with Crippen molar-refractivity contribution >= 4 is 5.91 Å². The van der Waals surface area contributed by atoms with Crippen LogP contribution in [-0.4, -0.2) is 51.6 Å². The molecule has 0 radical (unpaired) electrons. The third-order valence-corrected chi connectivity index (χ3v) is 4.95. The van der Waals surface area contributed by atoms with Crippen molar-refractivity contribution in [2.24, 2.45) is 0 Å². The van der Waals surface area contributed by atoms with Gasteiger partial charge in [0.25, 0.3) is 5.91 Å². The highest BCUT2D eigenvalue weighted by atomic mass is 16.3. The van der Waals surface area contributed by atoms with Gasteiger partial charge in [-0.05, 0) is 38.7 Å². The molecule has 2 fully saturated rings. The van der Waals surface area contributed by atoms with Gasteiger partial charge in [-0.3, -0.25) is 9.69 Å². The third-order valence-electron chi connectivity index (χ3n) is 4.95. The molecule has 22 heavy (non-hydrogen) atoms. The molecule has 120 valence electrons. The number of benzene rings is 1. The maximum absolute atomic E-state index is 12.4. The summed E-state index contributed by atoms with van der Waals surface area (Å²) in [7, 11) is 0. The van der Waals surface area contributed by atoms with Crippen molar-refractivity contribution in [2.75, 3.05) is 13.1 Å². The molecule has 1 amide bonds. The molecule has 0 aromatic heterocycles. The summed E-state index contributed by atoms with van der Waals surface area (Å²) >= 11 is 0. The van der Waals surface area contributed by atoms with Crippen LogP contribution < -0.4 is 0 Å². The summed E-state index contributed by atoms with van der Waals surface area (Å²) in [5, 5.41) is 10.00. The molecule has 0 spiro atoms. The Kier molecular flexibility index (Phi) is 4.24. The first-order chi connectivity index (χ1) is 10.4. The highest BCUT2D eigenvalue weighted by molar-refractivity contribution is 5.84. The van der Waals surface area contributed by atoms with Gasteiger partial charge in [-0.15, -0.1) is 0 Å². The van der Waals surface area contributed by atoms with E-state index in [-0.39, 0.29) is 5.91 Å². The minimum Gasteiger partial charge on any atom is -0.381 e. The van der Waals surface area contributed by atoms with E-state index in [0.717, 1.165) is 32.5 Å². The lowest BCUT2D eigenvalue weighted by Gasteiger charge is -2.31. The number of amides is 1. The number of aliphatic hydroxyl groups is 1. The van der Waals surface area contributed by atoms with Crippen LogP contribution in [0.25, 0.3) is 0 Å². The predicted octanol–water partition coefficient (Wildman–Crippen LogP) is 2.02. The van der Waals surface area contributed by atoms with Crippen LogP contribution >= 0.6 is 0 Å². The topological polar surface area (TPSA) is 43.8 Å². The van der Waals surface area contributed by atoms with Crippen LogP contribution in [0.1, 0.15) is 38.7 Å². The van der Waals surface area contributed by atoms with Crippen LogP contribution in [0, 0.1) is 0 Å². The Labute approximate surface area is 132 Å². The molecular weight excluding hydrogens is 276 g/mol. The number of hydrogen-bond acceptors (Lipinski definition) is 3. The van der Waals surface area contributed by atoms with Crippen LogP contribution in [0.3, 0.4) is 0 Å². The SMILES string of the molecule is CC(C)(O)C(=O)N1CCC2CCC(C1)N2Cc1ccccc1. The second-order valence-electron chi connectivity index (χ2n) is 7.14. The first-order valence-corrected chi connectivity index (χ1v) is 8.26. The molecule has 2 aliphatic heterocycles. The summed E-state index contributed by atoms with van der Waals surface area (Å²) in [5.41, 5.74) is 0.0649. The van der Waals surface area contributed by atoms with Gasteiger partial charge >= 0.3 is 0 Å². The molecule has 3 rings (SSSR count). The lowest BCUT2D eigenvalue weighted by atomic mass is 10.0. The van der Waals surface area contributed by atoms with Crippen molar-refractivity contribution in [2.45, 2.75) is 57.3 Å². The predicted molar refractivity (Wildman–Crippen MR) is 86.3 cm³/mol. The van der Waals surface area contributed by atoms with Gasteiger partial charge in [-0.2, -0.15) is 0 Å². The molecule has 0 aliphatic carbocycles. The fourth-order valence-electron chi connectivity index (χ4n) is 3.80. The summed E-state index contributed by atoms with van der Waals surface area (Å²) in [6.07, 6.45) is 3.38. The highest BCUT2D eigenvalue weighted by Crippen LogP contribution is 2.32. The van der Waals surface area contributed by atoms with Crippen molar-refractivity contribution in [3.05, 3.63) is 35.9 Å². The van der Waals surface area contributed by atoms with E-state index in [1.54, 1.807) is 13.8 Å². The van der Waals surface area contributed by atoms with Crippen molar-refractivity contribution in [1.82, 2.24) is 9.80 Å². The van der Waals surface area contributed by atoms with E-state index < -0.39 is 5.60 Å². The number of fused-ring (bicyclic) bond motifs is 2. The molecule has 2 heterocycles. The van der Waals surface area contributed by atoms with E-state index in [9.17, 15) is 9.90 Å². The van der Waals surface area contributed by atoms with Gasteiger partial charge in [0, 0.05) is 31.7 Å². The average molecular weight is 302 g/mol. The molecule has 1 aromatic rings. The zero-order valence-electron chi connectivity index (χ0n) is 13.5. The Morgan fingerprint density at radius 3 is 2.55 bits per heavy atom. The van der Waals surface area contributed by atoms with Crippen molar-refractivity contribution in [3.63, 3.8) is 0 Å². The summed E-state index contributed by atoms with van der Waals surface area (Å²) in [4.78, 5) is 16.8. The second-order valence-corrected chi connectivity index (χ2v) is 7.14. The monoisotopic (exact) mass is 302 g/mol. The maximum Gasteiger partial charge on any atom is 0.254 e. The molecule has 0 saturated carbocycles. The van der Waals surface area contributed by atoms with Gasteiger partial charge in [0.2, 0.25) is 0 Å². The minimum absolute atomic E-state index is 0.139. The number of likely N-dealkylation sites (tertiary alicyclic amines) is 1. The van der Waals surface area contributed by atoms with E-state index in [1.165, 1.54) is 12.0 Å². The van der Waals surface area contributed by atoms with E-state index in [2.05, 4.69) is 29.2 Å². The first-order valence-electron chi connectivity index (χ1n) is 8.26. The molecular formula is C18H26N2O2. The minimum atomic E-state index is -1.27. The Hall–Kier alpha value is -1.39. The Bertz CT molecular complexity index is 524. The zero-order valence-corrected chi connectivity index (χ0v) is 13.5. The van der Waals surface area contributed by atoms with Crippen LogP contribution in [0.15, 0.2) is 30.3 Å². The number of nitrogens with zero attached hydrogens (tertiary/aromatic N) is 2. The summed E-state index contributed by atoms with van der Waals surface area (Å²) in [6, 6.07) is 11.5. The second kappa shape index (κ2) is 6.01. The Morgan fingerprint density at radius 1 is 1.18 bits per heavy atom. The van der Waals surface area contributed by atoms with Gasteiger partial charge < -0.3 is 10.0 Å². The summed E-state index contributed by atoms with van der Waals surface area (Å²) < 4.78 is 0. The molecule has 1 N–H and O–H groups in total. The van der Waals surface area contributed by atoms with Crippen molar-refractivity contribution in [3.8, 4) is 0 Å². The van der Waals surface area contributed by atoms with Crippen LogP contribution in [0.4, 0.5) is 0 Å². The van der Waals surface area contributed by atoms with Gasteiger partial charge in [0.1, 0.15) is 5.60 Å². The standard InChI is InChI=1S/C18H26N2O2/c1-18(2,22)17(21)19-11-10-15-8-9-16(13-19)20(15)12-14-6-4-3-5-7-14/h3-7,15-16,22H,8-13H2,1-2H3. The fraction of sp³-hybridized carbons (Fsp3) is 0.611. The van der Waals surface area contributed by atoms with E-state index in [4.69, 9.17) is 0 Å². The number of rotatable bonds is 3. The normalized spacial score (nSPS) is 26.0. The van der Waals surface area contributed by atoms with Crippen molar-refractivity contribution in [1.29, 1.82) is 0 Å². The van der Waals surface area contributed by atoms with Crippen LogP contribution in [0.2, 0.25) is 0 Å². The molecule has 2 unspecified atom stereocenters. The van der Waals surface area contributed by atoms with E-state index in [1.807, 2.05) is 11.0 Å². The maximum atomic E-state index is 12.4. The molecule has 4 heteroatoms. The Morgan fingerprint density at radius 2 is 1.86 bits per heavy atom. The number of carbonyl (C=O) groups is 1. The number of carbonyl (C=O) groups excluding carboxylic acids is 1. The van der Waals surface area contributed by atoms with Gasteiger partial charge in [0.05, 0.1) is 0 Å². The van der Waals surface area contributed by atoms with E-state index >= 15 is 0 Å². The quantitative estimate of drug-likeness (QED) is 0.929. The highest BCUT2D eigenvalue weighted by Gasteiger charge is 2.40. The first kappa shape index (κ1) is 15.5. The lowest BCUT2D eigenvalue weighted by Crippen LogP contribution is -2.48. The molecule has 2 aliphatic rings. The molecule has 2 saturated heterocycles. The largest absolute Gasteiger partial charge is 0.381 e. The van der Waals surface area contributed by atoms with Crippen molar-refractivity contribution < 1.29 is 9.90 Å². The summed E-state index contributed by atoms with van der Waals surface area (Å²) in [6.45, 7) is 5.63. The average Bonchev–Trinajstić information content (AvgIpc) is 2.73. The van der Waals surface area contributed by atoms with Crippen LogP contribution in [-0.2, 0) is 11.3 Å². The zero-order chi connectivity index (χ0) is 15.7. The molecule has 1 aromatic carbocycles. The fourth-order valence-corrected chi connectivity index (χ4v) is 3.80. The lowest BCUT2D eigenvalue weighted by molar-refractivity contribution is -0.148. The molecule has 2 atom stereocenters. The smallest absolute Gasteiger partial charge is 0.254 e. The van der Waals surface area contributed by atoms with E-state index in [0.29, 0.717) is 12.1 Å². The van der Waals surface area contributed by atoms with Crippen LogP contribution in [0.5, 0.6) is 0 Å². The number of hydrogen-bond donors (Lipinski definition) is 1. The molecule has 4 nitrogen and oxygen atoms in total.